The summed E-state index contributed by atoms with van der Waals surface area (Å²) < 4.78 is 2.25. The molecule has 0 unspecified atom stereocenters. The van der Waals surface area contributed by atoms with Crippen molar-refractivity contribution in [2.24, 2.45) is 5.92 Å². The third-order valence-corrected chi connectivity index (χ3v) is 5.47. The van der Waals surface area contributed by atoms with Crippen LogP contribution in [0.4, 0.5) is 0 Å². The fourth-order valence-electron chi connectivity index (χ4n) is 4.13. The molecule has 0 aliphatic heterocycles. The number of carbonyl (C=O) groups excluding carboxylic acids is 1. The summed E-state index contributed by atoms with van der Waals surface area (Å²) >= 11 is 0. The predicted molar refractivity (Wildman–Crippen MR) is 98.4 cm³/mol. The highest BCUT2D eigenvalue weighted by molar-refractivity contribution is 6.01. The summed E-state index contributed by atoms with van der Waals surface area (Å²) in [5, 5.41) is 12.7. The molecule has 1 fully saturated rings. The van der Waals surface area contributed by atoms with E-state index in [2.05, 4.69) is 25.9 Å². The SMILES string of the molecule is CNC(=O)Cc1nc2cnc3[nH]ccc3c2n1C1CCC(CC#N)CC1. The summed E-state index contributed by atoms with van der Waals surface area (Å²) in [6, 6.07) is 4.62. The fraction of sp³-hybridized carbons (Fsp3) is 0.474. The lowest BCUT2D eigenvalue weighted by Gasteiger charge is -2.29. The van der Waals surface area contributed by atoms with Crippen LogP contribution in [0.5, 0.6) is 0 Å². The fourth-order valence-corrected chi connectivity index (χ4v) is 4.13. The van der Waals surface area contributed by atoms with Crippen molar-refractivity contribution in [3.63, 3.8) is 0 Å². The molecule has 3 heterocycles. The highest BCUT2D eigenvalue weighted by atomic mass is 16.1. The molecule has 1 amide bonds. The average molecular weight is 350 g/mol. The van der Waals surface area contributed by atoms with Crippen LogP contribution in [-0.2, 0) is 11.2 Å². The number of fused-ring (bicyclic) bond motifs is 3. The molecule has 4 rings (SSSR count). The molecule has 3 aromatic rings. The van der Waals surface area contributed by atoms with E-state index in [0.717, 1.165) is 53.6 Å². The van der Waals surface area contributed by atoms with Crippen molar-refractivity contribution < 1.29 is 4.79 Å². The van der Waals surface area contributed by atoms with Crippen molar-refractivity contribution in [3.8, 4) is 6.07 Å². The standard InChI is InChI=1S/C19H22N6O/c1-21-17(26)10-16-24-15-11-23-19-14(7-9-22-19)18(15)25(16)13-4-2-12(3-5-13)6-8-20/h7,9,11-13H,2-6,10H2,1H3,(H,21,26)(H,22,23). The van der Waals surface area contributed by atoms with Gasteiger partial charge in [0.25, 0.3) is 0 Å². The Balaban J connectivity index is 1.79. The molecule has 134 valence electrons. The number of aromatic amines is 1. The monoisotopic (exact) mass is 350 g/mol. The van der Waals surface area contributed by atoms with Gasteiger partial charge in [0.2, 0.25) is 5.91 Å². The Hall–Kier alpha value is -2.88. The van der Waals surface area contributed by atoms with E-state index >= 15 is 0 Å². The van der Waals surface area contributed by atoms with E-state index in [1.165, 1.54) is 0 Å². The third kappa shape index (κ3) is 2.81. The lowest BCUT2D eigenvalue weighted by molar-refractivity contribution is -0.120. The Morgan fingerprint density at radius 1 is 1.42 bits per heavy atom. The molecule has 7 heteroatoms. The van der Waals surface area contributed by atoms with Gasteiger partial charge in [-0.2, -0.15) is 5.26 Å². The van der Waals surface area contributed by atoms with Crippen molar-refractivity contribution in [3.05, 3.63) is 24.3 Å². The minimum atomic E-state index is -0.0435. The second kappa shape index (κ2) is 6.79. The van der Waals surface area contributed by atoms with Crippen molar-refractivity contribution in [1.29, 1.82) is 5.26 Å². The predicted octanol–water partition coefficient (Wildman–Crippen LogP) is 2.85. The van der Waals surface area contributed by atoms with Crippen LogP contribution >= 0.6 is 0 Å². The van der Waals surface area contributed by atoms with E-state index in [1.54, 1.807) is 13.2 Å². The van der Waals surface area contributed by atoms with Crippen molar-refractivity contribution in [2.45, 2.75) is 44.6 Å². The highest BCUT2D eigenvalue weighted by Gasteiger charge is 2.27. The smallest absolute Gasteiger partial charge is 0.227 e. The van der Waals surface area contributed by atoms with Crippen LogP contribution in [0.2, 0.25) is 0 Å². The molecule has 0 saturated heterocycles. The molecular weight excluding hydrogens is 328 g/mol. The number of imidazole rings is 1. The molecule has 2 N–H and O–H groups in total. The van der Waals surface area contributed by atoms with Gasteiger partial charge in [0.15, 0.2) is 0 Å². The number of hydrogen-bond acceptors (Lipinski definition) is 4. The van der Waals surface area contributed by atoms with E-state index in [0.29, 0.717) is 18.4 Å². The molecule has 1 saturated carbocycles. The zero-order chi connectivity index (χ0) is 18.1. The van der Waals surface area contributed by atoms with Gasteiger partial charge >= 0.3 is 0 Å². The first-order chi connectivity index (χ1) is 12.7. The van der Waals surface area contributed by atoms with Gasteiger partial charge < -0.3 is 14.9 Å². The number of amides is 1. The van der Waals surface area contributed by atoms with Crippen LogP contribution in [0, 0.1) is 17.2 Å². The van der Waals surface area contributed by atoms with Gasteiger partial charge in [0, 0.05) is 31.1 Å². The summed E-state index contributed by atoms with van der Waals surface area (Å²) in [5.41, 5.74) is 2.72. The van der Waals surface area contributed by atoms with Crippen molar-refractivity contribution >= 4 is 28.0 Å². The largest absolute Gasteiger partial charge is 0.359 e. The zero-order valence-electron chi connectivity index (χ0n) is 14.8. The first-order valence-electron chi connectivity index (χ1n) is 9.11. The molecular formula is C19H22N6O. The lowest BCUT2D eigenvalue weighted by Crippen LogP contribution is -2.25. The van der Waals surface area contributed by atoms with Gasteiger partial charge in [-0.1, -0.05) is 0 Å². The van der Waals surface area contributed by atoms with Gasteiger partial charge in [0.05, 0.1) is 24.2 Å². The topological polar surface area (TPSA) is 99.4 Å². The molecule has 1 aliphatic rings. The van der Waals surface area contributed by atoms with Crippen LogP contribution in [0.15, 0.2) is 18.5 Å². The number of hydrogen-bond donors (Lipinski definition) is 2. The van der Waals surface area contributed by atoms with E-state index in [-0.39, 0.29) is 12.3 Å². The molecule has 0 spiro atoms. The Kier molecular flexibility index (Phi) is 4.33. The maximum Gasteiger partial charge on any atom is 0.227 e. The van der Waals surface area contributed by atoms with Crippen molar-refractivity contribution in [1.82, 2.24) is 24.8 Å². The van der Waals surface area contributed by atoms with Gasteiger partial charge in [-0.05, 0) is 37.7 Å². The van der Waals surface area contributed by atoms with Gasteiger partial charge in [-0.15, -0.1) is 0 Å². The number of nitrogens with one attached hydrogen (secondary N) is 2. The lowest BCUT2D eigenvalue weighted by atomic mass is 9.84. The second-order valence-corrected chi connectivity index (χ2v) is 7.02. The molecule has 1 aliphatic carbocycles. The Morgan fingerprint density at radius 3 is 2.96 bits per heavy atom. The van der Waals surface area contributed by atoms with Crippen LogP contribution in [-0.4, -0.2) is 32.5 Å². The average Bonchev–Trinajstić information content (AvgIpc) is 3.26. The van der Waals surface area contributed by atoms with Crippen LogP contribution in [0.25, 0.3) is 22.1 Å². The van der Waals surface area contributed by atoms with E-state index in [9.17, 15) is 4.79 Å². The maximum atomic E-state index is 12.0. The quantitative estimate of drug-likeness (QED) is 0.755. The molecule has 3 aromatic heterocycles. The number of likely N-dealkylation sites (N-methyl/N-ethyl adjacent to an activating group) is 1. The summed E-state index contributed by atoms with van der Waals surface area (Å²) in [7, 11) is 1.65. The molecule has 0 radical (unpaired) electrons. The number of rotatable bonds is 4. The zero-order valence-corrected chi connectivity index (χ0v) is 14.8. The first kappa shape index (κ1) is 16.6. The summed E-state index contributed by atoms with van der Waals surface area (Å²) in [4.78, 5) is 24.4. The molecule has 0 atom stereocenters. The minimum absolute atomic E-state index is 0.0435. The Labute approximate surface area is 151 Å². The van der Waals surface area contributed by atoms with Gasteiger partial charge in [-0.25, -0.2) is 9.97 Å². The van der Waals surface area contributed by atoms with Gasteiger partial charge in [-0.3, -0.25) is 4.79 Å². The van der Waals surface area contributed by atoms with E-state index < -0.39 is 0 Å². The number of nitriles is 1. The number of nitrogens with zero attached hydrogens (tertiary/aromatic N) is 4. The van der Waals surface area contributed by atoms with Gasteiger partial charge in [0.1, 0.15) is 17.0 Å². The normalized spacial score (nSPS) is 20.3. The Morgan fingerprint density at radius 2 is 2.23 bits per heavy atom. The highest BCUT2D eigenvalue weighted by Crippen LogP contribution is 2.37. The summed E-state index contributed by atoms with van der Waals surface area (Å²) in [5.74, 6) is 1.24. The number of H-pyrrole nitrogens is 1. The van der Waals surface area contributed by atoms with Crippen LogP contribution in [0.1, 0.15) is 44.0 Å². The van der Waals surface area contributed by atoms with E-state index in [4.69, 9.17) is 10.2 Å². The van der Waals surface area contributed by atoms with Crippen LogP contribution < -0.4 is 5.32 Å². The Bertz CT molecular complexity index is 987. The maximum absolute atomic E-state index is 12.0. The molecule has 0 aromatic carbocycles. The molecule has 0 bridgehead atoms. The summed E-state index contributed by atoms with van der Waals surface area (Å²) in [6.07, 6.45) is 8.65. The number of carbonyl (C=O) groups is 1. The number of pyridine rings is 1. The van der Waals surface area contributed by atoms with Crippen molar-refractivity contribution in [2.75, 3.05) is 7.05 Å². The molecule has 7 nitrogen and oxygen atoms in total. The first-order valence-corrected chi connectivity index (χ1v) is 9.11. The van der Waals surface area contributed by atoms with E-state index in [1.807, 2.05) is 12.3 Å². The summed E-state index contributed by atoms with van der Waals surface area (Å²) in [6.45, 7) is 0. The molecule has 26 heavy (non-hydrogen) atoms. The third-order valence-electron chi connectivity index (χ3n) is 5.47. The van der Waals surface area contributed by atoms with Crippen LogP contribution in [0.3, 0.4) is 0 Å². The number of aromatic nitrogens is 4. The minimum Gasteiger partial charge on any atom is -0.359 e. The second-order valence-electron chi connectivity index (χ2n) is 7.02.